The fourth-order valence-corrected chi connectivity index (χ4v) is 2.93. The highest BCUT2D eigenvalue weighted by Crippen LogP contribution is 2.29. The highest BCUT2D eigenvalue weighted by atomic mass is 16.2. The molecule has 25 heavy (non-hydrogen) atoms. The summed E-state index contributed by atoms with van der Waals surface area (Å²) in [6.07, 6.45) is 1.69. The maximum atomic E-state index is 12.8. The zero-order valence-corrected chi connectivity index (χ0v) is 14.8. The molecule has 0 N–H and O–H groups in total. The smallest absolute Gasteiger partial charge is 0.259 e. The third-order valence-corrected chi connectivity index (χ3v) is 4.30. The number of amides is 1. The highest BCUT2D eigenvalue weighted by molar-refractivity contribution is 6.05. The lowest BCUT2D eigenvalue weighted by Gasteiger charge is -2.17. The average molecular weight is 330 g/mol. The molecule has 3 aromatic rings. The zero-order chi connectivity index (χ0) is 17.8. The van der Waals surface area contributed by atoms with Crippen LogP contribution in [0.25, 0.3) is 11.1 Å². The van der Waals surface area contributed by atoms with Gasteiger partial charge in [-0.15, -0.1) is 0 Å². The molecule has 2 aromatic carbocycles. The minimum Gasteiger partial charge on any atom is -0.296 e. The van der Waals surface area contributed by atoms with Crippen LogP contribution >= 0.6 is 0 Å². The molecule has 0 fully saturated rings. The minimum atomic E-state index is -0.0671. The predicted molar refractivity (Wildman–Crippen MR) is 103 cm³/mol. The van der Waals surface area contributed by atoms with Crippen molar-refractivity contribution < 1.29 is 4.79 Å². The summed E-state index contributed by atoms with van der Waals surface area (Å²) >= 11 is 0. The first-order valence-electron chi connectivity index (χ1n) is 8.46. The monoisotopic (exact) mass is 330 g/mol. The summed E-state index contributed by atoms with van der Waals surface area (Å²) < 4.78 is 0. The van der Waals surface area contributed by atoms with Crippen LogP contribution < -0.4 is 4.90 Å². The number of nitrogens with zero attached hydrogens (tertiary/aromatic N) is 2. The van der Waals surface area contributed by atoms with Crippen LogP contribution in [0.3, 0.4) is 0 Å². The lowest BCUT2D eigenvalue weighted by molar-refractivity contribution is 0.0992. The van der Waals surface area contributed by atoms with Crippen molar-refractivity contribution in [2.45, 2.75) is 19.8 Å². The Morgan fingerprint density at radius 3 is 2.44 bits per heavy atom. The predicted octanol–water partition coefficient (Wildman–Crippen LogP) is 5.15. The van der Waals surface area contributed by atoms with Gasteiger partial charge in [0.15, 0.2) is 0 Å². The van der Waals surface area contributed by atoms with Gasteiger partial charge in [-0.2, -0.15) is 0 Å². The van der Waals surface area contributed by atoms with Gasteiger partial charge in [0.2, 0.25) is 0 Å². The van der Waals surface area contributed by atoms with E-state index in [-0.39, 0.29) is 5.91 Å². The van der Waals surface area contributed by atoms with Gasteiger partial charge in [0.1, 0.15) is 5.82 Å². The second-order valence-electron chi connectivity index (χ2n) is 6.37. The van der Waals surface area contributed by atoms with Crippen molar-refractivity contribution in [1.82, 2.24) is 4.98 Å². The summed E-state index contributed by atoms with van der Waals surface area (Å²) in [5.74, 6) is 0.995. The van der Waals surface area contributed by atoms with Gasteiger partial charge in [-0.25, -0.2) is 4.98 Å². The van der Waals surface area contributed by atoms with E-state index < -0.39 is 0 Å². The van der Waals surface area contributed by atoms with Gasteiger partial charge in [-0.05, 0) is 46.9 Å². The van der Waals surface area contributed by atoms with Crippen LogP contribution in [0, 0.1) is 0 Å². The van der Waals surface area contributed by atoms with Crippen molar-refractivity contribution in [2.75, 3.05) is 11.9 Å². The summed E-state index contributed by atoms with van der Waals surface area (Å²) in [5.41, 5.74) is 4.17. The first kappa shape index (κ1) is 16.9. The summed E-state index contributed by atoms with van der Waals surface area (Å²) in [6.45, 7) is 4.37. The van der Waals surface area contributed by atoms with Crippen molar-refractivity contribution in [3.05, 3.63) is 84.1 Å². The Balaban J connectivity index is 1.96. The van der Waals surface area contributed by atoms with Crippen molar-refractivity contribution >= 4 is 11.7 Å². The molecular weight excluding hydrogens is 308 g/mol. The molecule has 1 aromatic heterocycles. The van der Waals surface area contributed by atoms with E-state index in [1.807, 2.05) is 42.5 Å². The van der Waals surface area contributed by atoms with Gasteiger partial charge >= 0.3 is 0 Å². The first-order valence-corrected chi connectivity index (χ1v) is 8.46. The lowest BCUT2D eigenvalue weighted by atomic mass is 9.92. The van der Waals surface area contributed by atoms with Gasteiger partial charge in [-0.1, -0.05) is 56.3 Å². The van der Waals surface area contributed by atoms with E-state index in [0.717, 1.165) is 5.56 Å². The van der Waals surface area contributed by atoms with Gasteiger partial charge in [0, 0.05) is 18.8 Å². The third-order valence-electron chi connectivity index (χ3n) is 4.30. The van der Waals surface area contributed by atoms with E-state index in [0.29, 0.717) is 17.3 Å². The molecule has 0 saturated carbocycles. The van der Waals surface area contributed by atoms with E-state index in [1.165, 1.54) is 11.1 Å². The maximum absolute atomic E-state index is 12.8. The Morgan fingerprint density at radius 2 is 1.72 bits per heavy atom. The van der Waals surface area contributed by atoms with Gasteiger partial charge < -0.3 is 0 Å². The number of anilines is 1. The molecule has 1 heterocycles. The number of hydrogen-bond acceptors (Lipinski definition) is 2. The van der Waals surface area contributed by atoms with Gasteiger partial charge in [-0.3, -0.25) is 9.69 Å². The topological polar surface area (TPSA) is 33.2 Å². The Morgan fingerprint density at radius 1 is 0.960 bits per heavy atom. The van der Waals surface area contributed by atoms with E-state index in [9.17, 15) is 4.79 Å². The molecule has 0 radical (unpaired) electrons. The standard InChI is InChI=1S/C22H22N2O/c1-16(2)19-11-4-5-12-20(19)17-9-8-10-18(15-17)22(25)24(3)21-13-6-7-14-23-21/h4-16H,1-3H3. The molecule has 0 atom stereocenters. The zero-order valence-electron chi connectivity index (χ0n) is 14.8. The Bertz CT molecular complexity index is 872. The Kier molecular flexibility index (Phi) is 4.94. The van der Waals surface area contributed by atoms with Crippen LogP contribution in [-0.4, -0.2) is 17.9 Å². The first-order chi connectivity index (χ1) is 12.1. The number of carbonyl (C=O) groups excluding carboxylic acids is 1. The van der Waals surface area contributed by atoms with Crippen molar-refractivity contribution in [2.24, 2.45) is 0 Å². The number of carbonyl (C=O) groups is 1. The average Bonchev–Trinajstić information content (AvgIpc) is 2.67. The minimum absolute atomic E-state index is 0.0671. The maximum Gasteiger partial charge on any atom is 0.259 e. The fraction of sp³-hybridized carbons (Fsp3) is 0.182. The molecule has 0 saturated heterocycles. The number of aromatic nitrogens is 1. The van der Waals surface area contributed by atoms with Crippen molar-refractivity contribution in [3.8, 4) is 11.1 Å². The highest BCUT2D eigenvalue weighted by Gasteiger charge is 2.16. The molecule has 0 unspecified atom stereocenters. The molecule has 0 aliphatic rings. The summed E-state index contributed by atoms with van der Waals surface area (Å²) in [4.78, 5) is 18.7. The Labute approximate surface area is 149 Å². The second kappa shape index (κ2) is 7.31. The summed E-state index contributed by atoms with van der Waals surface area (Å²) in [6, 6.07) is 21.7. The summed E-state index contributed by atoms with van der Waals surface area (Å²) in [5, 5.41) is 0. The Hall–Kier alpha value is -2.94. The largest absolute Gasteiger partial charge is 0.296 e. The number of benzene rings is 2. The second-order valence-corrected chi connectivity index (χ2v) is 6.37. The van der Waals surface area contributed by atoms with E-state index in [2.05, 4.69) is 43.1 Å². The quantitative estimate of drug-likeness (QED) is 0.663. The van der Waals surface area contributed by atoms with Crippen LogP contribution in [0.2, 0.25) is 0 Å². The molecule has 3 nitrogen and oxygen atoms in total. The van der Waals surface area contributed by atoms with E-state index >= 15 is 0 Å². The molecular formula is C22H22N2O. The van der Waals surface area contributed by atoms with Crippen molar-refractivity contribution in [3.63, 3.8) is 0 Å². The summed E-state index contributed by atoms with van der Waals surface area (Å²) in [7, 11) is 1.75. The lowest BCUT2D eigenvalue weighted by Crippen LogP contribution is -2.26. The molecule has 0 aliphatic heterocycles. The molecule has 0 aliphatic carbocycles. The third kappa shape index (κ3) is 3.61. The molecule has 126 valence electrons. The molecule has 0 bridgehead atoms. The SMILES string of the molecule is CC(C)c1ccccc1-c1cccc(C(=O)N(C)c2ccccn2)c1. The number of rotatable bonds is 4. The van der Waals surface area contributed by atoms with Crippen LogP contribution in [0.5, 0.6) is 0 Å². The number of hydrogen-bond donors (Lipinski definition) is 0. The van der Waals surface area contributed by atoms with Crippen molar-refractivity contribution in [1.29, 1.82) is 0 Å². The van der Waals surface area contributed by atoms with Crippen LogP contribution in [0.15, 0.2) is 72.9 Å². The van der Waals surface area contributed by atoms with Crippen LogP contribution in [0.1, 0.15) is 35.7 Å². The van der Waals surface area contributed by atoms with E-state index in [1.54, 1.807) is 18.1 Å². The van der Waals surface area contributed by atoms with Gasteiger partial charge in [0.05, 0.1) is 0 Å². The van der Waals surface area contributed by atoms with E-state index in [4.69, 9.17) is 0 Å². The fourth-order valence-electron chi connectivity index (χ4n) is 2.93. The van der Waals surface area contributed by atoms with Crippen LogP contribution in [-0.2, 0) is 0 Å². The normalized spacial score (nSPS) is 10.7. The van der Waals surface area contributed by atoms with Crippen LogP contribution in [0.4, 0.5) is 5.82 Å². The molecule has 0 spiro atoms. The number of pyridine rings is 1. The molecule has 3 rings (SSSR count). The molecule has 3 heteroatoms. The van der Waals surface area contributed by atoms with Gasteiger partial charge in [0.25, 0.3) is 5.91 Å². The molecule has 1 amide bonds.